The van der Waals surface area contributed by atoms with Crippen LogP contribution in [0.3, 0.4) is 0 Å². The third kappa shape index (κ3) is 9.16. The number of hydrogen-bond acceptors (Lipinski definition) is 7. The van der Waals surface area contributed by atoms with Gasteiger partial charge in [-0.2, -0.15) is 0 Å². The quantitative estimate of drug-likeness (QED) is 0.242. The number of unbranched alkanes of at least 4 members (excludes halogenated alkanes) is 1. The first-order valence-corrected chi connectivity index (χ1v) is 8.57. The lowest BCUT2D eigenvalue weighted by Crippen LogP contribution is -2.24. The molecule has 1 atom stereocenters. The number of aliphatic hydroxyl groups excluding tert-OH is 1. The van der Waals surface area contributed by atoms with E-state index in [4.69, 9.17) is 14.2 Å². The summed E-state index contributed by atoms with van der Waals surface area (Å²) in [5.41, 5.74) is 0.954. The number of alkyl halides is 1. The van der Waals surface area contributed by atoms with Crippen LogP contribution in [0.2, 0.25) is 0 Å². The third-order valence-electron chi connectivity index (χ3n) is 3.53. The van der Waals surface area contributed by atoms with Crippen molar-refractivity contribution in [2.24, 2.45) is 0 Å². The van der Waals surface area contributed by atoms with E-state index in [1.54, 1.807) is 19.2 Å². The average molecular weight is 383 g/mol. The zero-order valence-electron chi connectivity index (χ0n) is 15.4. The van der Waals surface area contributed by atoms with Gasteiger partial charge < -0.3 is 24.2 Å². The lowest BCUT2D eigenvalue weighted by molar-refractivity contribution is -0.137. The fourth-order valence-corrected chi connectivity index (χ4v) is 1.98. The molecule has 0 aliphatic heterocycles. The average Bonchev–Trinajstić information content (AvgIpc) is 2.70. The summed E-state index contributed by atoms with van der Waals surface area (Å²) in [7, 11) is 1.59. The highest BCUT2D eigenvalue weighted by molar-refractivity contribution is 5.89. The van der Waals surface area contributed by atoms with Gasteiger partial charge in [0, 0.05) is 25.4 Å². The van der Waals surface area contributed by atoms with Gasteiger partial charge in [0.25, 0.3) is 0 Å². The Morgan fingerprint density at radius 3 is 2.48 bits per heavy atom. The van der Waals surface area contributed by atoms with Gasteiger partial charge in [-0.3, -0.25) is 0 Å². The van der Waals surface area contributed by atoms with E-state index in [0.717, 1.165) is 6.08 Å². The molecule has 1 rings (SSSR count). The number of halogens is 1. The van der Waals surface area contributed by atoms with Crippen LogP contribution in [0, 0.1) is 0 Å². The number of carbonyl (C=O) groups is 2. The molecule has 1 aromatic carbocycles. The maximum absolute atomic E-state index is 12.5. The number of aliphatic hydroxyl groups is 1. The molecule has 1 aromatic rings. The highest BCUT2D eigenvalue weighted by atomic mass is 19.1. The highest BCUT2D eigenvalue weighted by Crippen LogP contribution is 2.14. The molecule has 0 heterocycles. The summed E-state index contributed by atoms with van der Waals surface area (Å²) in [5, 5.41) is 9.77. The third-order valence-corrected chi connectivity index (χ3v) is 3.53. The number of anilines is 1. The Hall–Kier alpha value is -2.45. The molecule has 0 saturated heterocycles. The smallest absolute Gasteiger partial charge is 0.338 e. The minimum absolute atomic E-state index is 0.0277. The zero-order chi connectivity index (χ0) is 20.1. The second kappa shape index (κ2) is 12.8. The molecule has 1 N–H and O–H groups in total. The van der Waals surface area contributed by atoms with Crippen LogP contribution < -0.4 is 4.90 Å². The molecule has 0 bridgehead atoms. The van der Waals surface area contributed by atoms with Crippen molar-refractivity contribution in [1.29, 1.82) is 0 Å². The minimum Gasteiger partial charge on any atom is -0.463 e. The molecule has 1 unspecified atom stereocenters. The van der Waals surface area contributed by atoms with Crippen LogP contribution in [0.1, 0.15) is 23.2 Å². The first-order valence-electron chi connectivity index (χ1n) is 8.57. The van der Waals surface area contributed by atoms with Gasteiger partial charge in [-0.15, -0.1) is 0 Å². The van der Waals surface area contributed by atoms with E-state index in [0.29, 0.717) is 30.7 Å². The number of hydrogen-bond donors (Lipinski definition) is 1. The van der Waals surface area contributed by atoms with Gasteiger partial charge in [0.05, 0.1) is 18.8 Å². The van der Waals surface area contributed by atoms with E-state index >= 15 is 0 Å². The van der Waals surface area contributed by atoms with E-state index in [9.17, 15) is 19.1 Å². The molecule has 7 nitrogen and oxygen atoms in total. The summed E-state index contributed by atoms with van der Waals surface area (Å²) >= 11 is 0. The predicted molar refractivity (Wildman–Crippen MR) is 98.3 cm³/mol. The van der Waals surface area contributed by atoms with Gasteiger partial charge in [-0.25, -0.2) is 14.0 Å². The first-order chi connectivity index (χ1) is 13.0. The lowest BCUT2D eigenvalue weighted by atomic mass is 10.2. The van der Waals surface area contributed by atoms with Crippen LogP contribution in [0.5, 0.6) is 0 Å². The van der Waals surface area contributed by atoms with E-state index in [1.807, 2.05) is 0 Å². The summed E-state index contributed by atoms with van der Waals surface area (Å²) in [6.45, 7) is 3.17. The van der Waals surface area contributed by atoms with Crippen LogP contribution in [0.25, 0.3) is 0 Å². The molecule has 0 aliphatic carbocycles. The van der Waals surface area contributed by atoms with Gasteiger partial charge in [0.1, 0.15) is 12.7 Å². The van der Waals surface area contributed by atoms with Crippen molar-refractivity contribution in [1.82, 2.24) is 0 Å². The van der Waals surface area contributed by atoms with Crippen molar-refractivity contribution in [3.05, 3.63) is 42.5 Å². The van der Waals surface area contributed by atoms with Crippen molar-refractivity contribution in [3.63, 3.8) is 0 Å². The fraction of sp³-hybridized carbons (Fsp3) is 0.474. The van der Waals surface area contributed by atoms with Crippen molar-refractivity contribution in [3.8, 4) is 0 Å². The Morgan fingerprint density at radius 1 is 1.19 bits per heavy atom. The number of benzene rings is 1. The molecule has 0 radical (unpaired) electrons. The van der Waals surface area contributed by atoms with Gasteiger partial charge >= 0.3 is 11.9 Å². The van der Waals surface area contributed by atoms with E-state index in [-0.39, 0.29) is 19.8 Å². The molecule has 0 fully saturated rings. The monoisotopic (exact) mass is 383 g/mol. The largest absolute Gasteiger partial charge is 0.463 e. The van der Waals surface area contributed by atoms with Crippen LogP contribution in [0.4, 0.5) is 10.1 Å². The molecule has 8 heteroatoms. The summed E-state index contributed by atoms with van der Waals surface area (Å²) in [6, 6.07) is 6.29. The summed E-state index contributed by atoms with van der Waals surface area (Å²) in [4.78, 5) is 24.1. The number of ether oxygens (including phenoxy) is 3. The van der Waals surface area contributed by atoms with Crippen molar-refractivity contribution < 1.29 is 33.3 Å². The molecule has 0 amide bonds. The van der Waals surface area contributed by atoms with E-state index < -0.39 is 24.8 Å². The van der Waals surface area contributed by atoms with Crippen molar-refractivity contribution in [2.75, 3.05) is 45.2 Å². The Labute approximate surface area is 158 Å². The number of carbonyl (C=O) groups excluding carboxylic acids is 2. The molecule has 150 valence electrons. The topological polar surface area (TPSA) is 85.3 Å². The van der Waals surface area contributed by atoms with Gasteiger partial charge in [0.2, 0.25) is 0 Å². The minimum atomic E-state index is -0.940. The van der Waals surface area contributed by atoms with Crippen LogP contribution in [-0.4, -0.2) is 63.4 Å². The van der Waals surface area contributed by atoms with Gasteiger partial charge in [-0.05, 0) is 37.1 Å². The van der Waals surface area contributed by atoms with Gasteiger partial charge in [0.15, 0.2) is 6.80 Å². The molecule has 0 spiro atoms. The second-order valence-corrected chi connectivity index (χ2v) is 5.77. The van der Waals surface area contributed by atoms with Crippen LogP contribution in [0.15, 0.2) is 36.9 Å². The molecule has 27 heavy (non-hydrogen) atoms. The summed E-state index contributed by atoms with van der Waals surface area (Å²) in [5.74, 6) is -1.04. The number of nitrogens with zero attached hydrogens (tertiary/aromatic N) is 1. The molecule has 0 saturated carbocycles. The molecule has 0 aliphatic rings. The Morgan fingerprint density at radius 2 is 1.85 bits per heavy atom. The highest BCUT2D eigenvalue weighted by Gasteiger charge is 2.12. The zero-order valence-corrected chi connectivity index (χ0v) is 15.4. The maximum Gasteiger partial charge on any atom is 0.338 e. The first kappa shape index (κ1) is 22.6. The van der Waals surface area contributed by atoms with Gasteiger partial charge in [-0.1, -0.05) is 6.58 Å². The van der Waals surface area contributed by atoms with E-state index in [2.05, 4.69) is 6.58 Å². The fourth-order valence-electron chi connectivity index (χ4n) is 1.98. The van der Waals surface area contributed by atoms with E-state index in [1.165, 1.54) is 17.0 Å². The van der Waals surface area contributed by atoms with Crippen molar-refractivity contribution in [2.45, 2.75) is 18.9 Å². The Balaban J connectivity index is 2.16. The second-order valence-electron chi connectivity index (χ2n) is 5.77. The Kier molecular flexibility index (Phi) is 10.7. The SMILES string of the molecule is C=CC(=O)OCCCCOCC(O)COC(=O)c1ccc(N(C)CF)cc1. The number of rotatable bonds is 13. The molecular formula is C19H26FNO6. The Bertz CT molecular complexity index is 592. The van der Waals surface area contributed by atoms with Crippen LogP contribution >= 0.6 is 0 Å². The van der Waals surface area contributed by atoms with Crippen molar-refractivity contribution >= 4 is 17.6 Å². The lowest BCUT2D eigenvalue weighted by Gasteiger charge is -2.15. The summed E-state index contributed by atoms with van der Waals surface area (Å²) < 4.78 is 27.7. The molecular weight excluding hydrogens is 357 g/mol. The molecule has 0 aromatic heterocycles. The standard InChI is InChI=1S/C19H26FNO6/c1-3-18(23)26-11-5-4-10-25-12-17(22)13-27-19(24)15-6-8-16(9-7-15)21(2)14-20/h3,6-9,17,22H,1,4-5,10-14H2,2H3. The number of esters is 2. The normalized spacial score (nSPS) is 11.5. The maximum atomic E-state index is 12.5. The summed E-state index contributed by atoms with van der Waals surface area (Å²) in [6.07, 6.45) is 1.46. The predicted octanol–water partition coefficient (Wildman–Crippen LogP) is 2.09. The van der Waals surface area contributed by atoms with Crippen LogP contribution in [-0.2, 0) is 19.0 Å².